The van der Waals surface area contributed by atoms with E-state index in [1.54, 1.807) is 31.2 Å². The van der Waals surface area contributed by atoms with Gasteiger partial charge in [0.25, 0.3) is 11.8 Å². The van der Waals surface area contributed by atoms with Gasteiger partial charge in [0.2, 0.25) is 19.2 Å². The minimum atomic E-state index is -3.74. The Morgan fingerprint density at radius 1 is 1.00 bits per heavy atom. The standard InChI is InChI=1S/C29H41N4O6P/c1-7-39-40(38,15-20(11-17(2)3)26(34)32-24(12-18(4)5)27(35)31-6)16-33-28(36)22-10-8-9-19-13-21(30)14-23(25(19)22)29(33)37/h8-10,13-14,17-18,20,24H,7,11-12,15-16,30H2,1-6H3,(H,31,35)(H,32,34)/t20?,24-,40?/m0/s1. The summed E-state index contributed by atoms with van der Waals surface area (Å²) in [5.41, 5.74) is 6.97. The predicted molar refractivity (Wildman–Crippen MR) is 156 cm³/mol. The fourth-order valence-corrected chi connectivity index (χ4v) is 7.69. The number of nitrogens with zero attached hydrogens (tertiary/aromatic N) is 1. The lowest BCUT2D eigenvalue weighted by Crippen LogP contribution is -2.49. The number of anilines is 1. The summed E-state index contributed by atoms with van der Waals surface area (Å²) in [6, 6.07) is 7.58. The van der Waals surface area contributed by atoms with Crippen molar-refractivity contribution in [1.82, 2.24) is 15.5 Å². The van der Waals surface area contributed by atoms with Crippen molar-refractivity contribution in [3.05, 3.63) is 41.5 Å². The van der Waals surface area contributed by atoms with E-state index in [0.717, 1.165) is 4.90 Å². The summed E-state index contributed by atoms with van der Waals surface area (Å²) >= 11 is 0. The Bertz CT molecular complexity index is 1340. The maximum absolute atomic E-state index is 14.3. The van der Waals surface area contributed by atoms with E-state index < -0.39 is 43.3 Å². The first-order valence-electron chi connectivity index (χ1n) is 13.7. The van der Waals surface area contributed by atoms with Crippen molar-refractivity contribution in [2.75, 3.05) is 31.8 Å². The van der Waals surface area contributed by atoms with E-state index in [2.05, 4.69) is 10.6 Å². The van der Waals surface area contributed by atoms with Crippen molar-refractivity contribution in [3.8, 4) is 0 Å². The number of nitrogens with one attached hydrogen (secondary N) is 2. The van der Waals surface area contributed by atoms with Gasteiger partial charge in [0, 0.05) is 35.8 Å². The van der Waals surface area contributed by atoms with Crippen LogP contribution in [0.15, 0.2) is 30.3 Å². The van der Waals surface area contributed by atoms with Gasteiger partial charge in [0.1, 0.15) is 12.3 Å². The van der Waals surface area contributed by atoms with Gasteiger partial charge in [-0.15, -0.1) is 0 Å². The zero-order valence-electron chi connectivity index (χ0n) is 24.2. The normalized spacial score (nSPS) is 16.2. The van der Waals surface area contributed by atoms with Crippen LogP contribution in [-0.2, 0) is 18.7 Å². The van der Waals surface area contributed by atoms with E-state index in [4.69, 9.17) is 10.3 Å². The number of hydrogen-bond donors (Lipinski definition) is 3. The zero-order valence-corrected chi connectivity index (χ0v) is 25.0. The highest BCUT2D eigenvalue weighted by molar-refractivity contribution is 7.59. The highest BCUT2D eigenvalue weighted by atomic mass is 31.2. The lowest BCUT2D eigenvalue weighted by atomic mass is 9.94. The summed E-state index contributed by atoms with van der Waals surface area (Å²) in [6.45, 7) is 9.53. The zero-order chi connectivity index (χ0) is 29.8. The highest BCUT2D eigenvalue weighted by Gasteiger charge is 2.41. The van der Waals surface area contributed by atoms with Gasteiger partial charge in [-0.1, -0.05) is 39.8 Å². The third kappa shape index (κ3) is 7.09. The molecule has 0 aromatic heterocycles. The molecule has 2 aromatic carbocycles. The number of likely N-dealkylation sites (N-methyl/N-ethyl adjacent to an activating group) is 1. The van der Waals surface area contributed by atoms with Crippen molar-refractivity contribution < 1.29 is 28.3 Å². The largest absolute Gasteiger partial charge is 0.399 e. The number of nitrogens with two attached hydrogens (primary N) is 1. The molecule has 0 fully saturated rings. The van der Waals surface area contributed by atoms with Gasteiger partial charge in [-0.3, -0.25) is 28.6 Å². The Morgan fingerprint density at radius 2 is 1.65 bits per heavy atom. The van der Waals surface area contributed by atoms with E-state index in [-0.39, 0.29) is 36.1 Å². The molecule has 0 aliphatic carbocycles. The SMILES string of the molecule is CCOP(=O)(CC(CC(C)C)C(=O)N[C@@H](CC(C)C)C(=O)NC)CN1C(=O)c2cccc3cc(N)cc(c23)C1=O. The lowest BCUT2D eigenvalue weighted by molar-refractivity contribution is -0.131. The number of rotatable bonds is 13. The molecule has 40 heavy (non-hydrogen) atoms. The summed E-state index contributed by atoms with van der Waals surface area (Å²) < 4.78 is 20.0. The number of nitrogen functional groups attached to an aromatic ring is 1. The molecular formula is C29H41N4O6P. The van der Waals surface area contributed by atoms with Crippen LogP contribution in [0.3, 0.4) is 0 Å². The number of benzene rings is 2. The quantitative estimate of drug-likeness (QED) is 0.185. The molecule has 0 saturated carbocycles. The van der Waals surface area contributed by atoms with Crippen LogP contribution in [0.4, 0.5) is 5.69 Å². The number of amides is 4. The number of hydrogen-bond acceptors (Lipinski definition) is 7. The molecule has 0 saturated heterocycles. The molecule has 218 valence electrons. The summed E-state index contributed by atoms with van der Waals surface area (Å²) in [5.74, 6) is -2.45. The molecule has 4 amide bonds. The van der Waals surface area contributed by atoms with Crippen LogP contribution in [0, 0.1) is 17.8 Å². The van der Waals surface area contributed by atoms with Crippen LogP contribution >= 0.6 is 7.37 Å². The molecule has 4 N–H and O–H groups in total. The summed E-state index contributed by atoms with van der Waals surface area (Å²) in [6.07, 6.45) is 0.160. The average molecular weight is 573 g/mol. The van der Waals surface area contributed by atoms with Crippen molar-refractivity contribution in [2.45, 2.75) is 53.5 Å². The molecule has 10 nitrogen and oxygen atoms in total. The molecule has 3 rings (SSSR count). The monoisotopic (exact) mass is 572 g/mol. The minimum Gasteiger partial charge on any atom is -0.399 e. The number of carbonyl (C=O) groups excluding carboxylic acids is 4. The fourth-order valence-electron chi connectivity index (χ4n) is 5.25. The number of imide groups is 1. The molecule has 3 atom stereocenters. The number of carbonyl (C=O) groups is 4. The molecular weight excluding hydrogens is 531 g/mol. The van der Waals surface area contributed by atoms with Crippen molar-refractivity contribution in [3.63, 3.8) is 0 Å². The molecule has 0 bridgehead atoms. The smallest absolute Gasteiger partial charge is 0.261 e. The molecule has 1 heterocycles. The fraction of sp³-hybridized carbons (Fsp3) is 0.517. The third-order valence-electron chi connectivity index (χ3n) is 6.88. The topological polar surface area (TPSA) is 148 Å². The van der Waals surface area contributed by atoms with E-state index in [1.807, 2.05) is 27.7 Å². The molecule has 2 unspecified atom stereocenters. The maximum Gasteiger partial charge on any atom is 0.261 e. The Kier molecular flexibility index (Phi) is 10.1. The second kappa shape index (κ2) is 13.0. The summed E-state index contributed by atoms with van der Waals surface area (Å²) in [7, 11) is -2.23. The average Bonchev–Trinajstić information content (AvgIpc) is 2.87. The van der Waals surface area contributed by atoms with E-state index >= 15 is 0 Å². The second-order valence-electron chi connectivity index (χ2n) is 11.2. The maximum atomic E-state index is 14.3. The van der Waals surface area contributed by atoms with E-state index in [9.17, 15) is 23.7 Å². The summed E-state index contributed by atoms with van der Waals surface area (Å²) in [4.78, 5) is 54.0. The Morgan fingerprint density at radius 3 is 2.25 bits per heavy atom. The Balaban J connectivity index is 1.93. The van der Waals surface area contributed by atoms with Gasteiger partial charge >= 0.3 is 0 Å². The van der Waals surface area contributed by atoms with Crippen LogP contribution in [0.25, 0.3) is 10.8 Å². The first-order valence-corrected chi connectivity index (χ1v) is 15.7. The van der Waals surface area contributed by atoms with Crippen LogP contribution in [0.5, 0.6) is 0 Å². The van der Waals surface area contributed by atoms with Crippen LogP contribution < -0.4 is 16.4 Å². The lowest BCUT2D eigenvalue weighted by Gasteiger charge is -2.32. The minimum absolute atomic E-state index is 0.0663. The Hall–Kier alpha value is -3.23. The van der Waals surface area contributed by atoms with Crippen molar-refractivity contribution >= 4 is 47.5 Å². The first kappa shape index (κ1) is 31.3. The van der Waals surface area contributed by atoms with Crippen molar-refractivity contribution in [1.29, 1.82) is 0 Å². The second-order valence-corrected chi connectivity index (χ2v) is 13.7. The van der Waals surface area contributed by atoms with Gasteiger partial charge < -0.3 is 20.9 Å². The van der Waals surface area contributed by atoms with Gasteiger partial charge in [0.05, 0.1) is 12.2 Å². The van der Waals surface area contributed by atoms with Crippen LogP contribution in [0.1, 0.15) is 68.2 Å². The summed E-state index contributed by atoms with van der Waals surface area (Å²) in [5, 5.41) is 6.60. The molecule has 2 aromatic rings. The molecule has 1 aliphatic heterocycles. The first-order chi connectivity index (χ1) is 18.8. The highest BCUT2D eigenvalue weighted by Crippen LogP contribution is 2.51. The molecule has 1 aliphatic rings. The van der Waals surface area contributed by atoms with Gasteiger partial charge in [-0.05, 0) is 55.2 Å². The van der Waals surface area contributed by atoms with E-state index in [0.29, 0.717) is 34.9 Å². The third-order valence-corrected chi connectivity index (χ3v) is 9.32. The predicted octanol–water partition coefficient (Wildman–Crippen LogP) is 4.23. The Labute approximate surface area is 235 Å². The molecule has 11 heteroatoms. The molecule has 0 radical (unpaired) electrons. The van der Waals surface area contributed by atoms with Crippen LogP contribution in [-0.4, -0.2) is 60.7 Å². The van der Waals surface area contributed by atoms with Crippen molar-refractivity contribution in [2.24, 2.45) is 17.8 Å². The molecule has 0 spiro atoms. The van der Waals surface area contributed by atoms with Gasteiger partial charge in [-0.25, -0.2) is 0 Å². The van der Waals surface area contributed by atoms with Crippen LogP contribution in [0.2, 0.25) is 0 Å². The van der Waals surface area contributed by atoms with E-state index in [1.165, 1.54) is 13.1 Å². The van der Waals surface area contributed by atoms with Gasteiger partial charge in [-0.2, -0.15) is 0 Å². The van der Waals surface area contributed by atoms with Gasteiger partial charge in [0.15, 0.2) is 0 Å².